The second-order valence-electron chi connectivity index (χ2n) is 7.09. The van der Waals surface area contributed by atoms with Crippen molar-refractivity contribution in [3.8, 4) is 0 Å². The zero-order chi connectivity index (χ0) is 19.1. The van der Waals surface area contributed by atoms with Gasteiger partial charge in [0, 0.05) is 45.0 Å². The minimum Gasteiger partial charge on any atom is -0.354 e. The molecule has 2 heterocycles. The lowest BCUT2D eigenvalue weighted by atomic mass is 9.97. The lowest BCUT2D eigenvalue weighted by Gasteiger charge is -2.38. The van der Waals surface area contributed by atoms with Crippen LogP contribution in [0.4, 0.5) is 0 Å². The van der Waals surface area contributed by atoms with E-state index in [9.17, 15) is 0 Å². The molecular formula is C21H29ClIN5. The van der Waals surface area contributed by atoms with Crippen LogP contribution in [-0.2, 0) is 13.1 Å². The van der Waals surface area contributed by atoms with Gasteiger partial charge in [-0.25, -0.2) is 4.98 Å². The van der Waals surface area contributed by atoms with Crippen LogP contribution in [-0.4, -0.2) is 41.5 Å². The highest BCUT2D eigenvalue weighted by Crippen LogP contribution is 2.20. The number of nitrogens with zero attached hydrogens (tertiary/aromatic N) is 3. The van der Waals surface area contributed by atoms with Crippen LogP contribution in [0.25, 0.3) is 0 Å². The molecule has 0 amide bonds. The fraction of sp³-hybridized carbons (Fsp3) is 0.429. The number of likely N-dealkylation sites (tertiary alicyclic amines) is 1. The van der Waals surface area contributed by atoms with Gasteiger partial charge in [0.15, 0.2) is 5.96 Å². The standard InChI is InChI=1S/C21H28ClN5.HI/c1-16-12-19(10-11-27(16)15-17-6-4-3-5-7-17)26-21(23-2)25-14-18-8-9-20(22)24-13-18;/h3-9,13,16,19H,10-12,14-15H2,1-2H3,(H2,23,25,26);1H. The van der Waals surface area contributed by atoms with E-state index in [0.29, 0.717) is 23.8 Å². The van der Waals surface area contributed by atoms with Crippen LogP contribution in [0.1, 0.15) is 30.9 Å². The van der Waals surface area contributed by atoms with Crippen LogP contribution in [0.2, 0.25) is 5.15 Å². The van der Waals surface area contributed by atoms with Crippen LogP contribution in [0.15, 0.2) is 53.7 Å². The SMILES string of the molecule is CN=C(NCc1ccc(Cl)nc1)NC1CCN(Cc2ccccc2)C(C)C1.I. The maximum Gasteiger partial charge on any atom is 0.191 e. The molecule has 1 aromatic heterocycles. The Morgan fingerprint density at radius 3 is 2.64 bits per heavy atom. The Bertz CT molecular complexity index is 738. The third-order valence-electron chi connectivity index (χ3n) is 5.06. The van der Waals surface area contributed by atoms with Gasteiger partial charge in [0.1, 0.15) is 5.15 Å². The first-order chi connectivity index (χ1) is 13.1. The van der Waals surface area contributed by atoms with Gasteiger partial charge in [-0.1, -0.05) is 48.0 Å². The Morgan fingerprint density at radius 1 is 1.21 bits per heavy atom. The summed E-state index contributed by atoms with van der Waals surface area (Å²) in [6.45, 7) is 5.09. The number of pyridine rings is 1. The van der Waals surface area contributed by atoms with E-state index < -0.39 is 0 Å². The molecule has 0 spiro atoms. The molecular weight excluding hydrogens is 485 g/mol. The molecule has 5 nitrogen and oxygen atoms in total. The monoisotopic (exact) mass is 513 g/mol. The van der Waals surface area contributed by atoms with Gasteiger partial charge in [-0.05, 0) is 37.0 Å². The molecule has 0 radical (unpaired) electrons. The average molecular weight is 514 g/mol. The van der Waals surface area contributed by atoms with Crippen LogP contribution in [0.5, 0.6) is 0 Å². The number of aromatic nitrogens is 1. The van der Waals surface area contributed by atoms with E-state index in [1.54, 1.807) is 12.3 Å². The molecule has 1 saturated heterocycles. The highest BCUT2D eigenvalue weighted by atomic mass is 127. The maximum absolute atomic E-state index is 5.84. The number of benzene rings is 1. The Hall–Kier alpha value is -1.38. The molecule has 0 saturated carbocycles. The van der Waals surface area contributed by atoms with Gasteiger partial charge in [-0.15, -0.1) is 24.0 Å². The predicted molar refractivity (Wildman–Crippen MR) is 127 cm³/mol. The first kappa shape index (κ1) is 22.9. The van der Waals surface area contributed by atoms with E-state index in [0.717, 1.165) is 37.5 Å². The molecule has 1 fully saturated rings. The minimum atomic E-state index is 0. The Morgan fingerprint density at radius 2 is 2.00 bits per heavy atom. The zero-order valence-electron chi connectivity index (χ0n) is 16.4. The van der Waals surface area contributed by atoms with Crippen LogP contribution < -0.4 is 10.6 Å². The lowest BCUT2D eigenvalue weighted by Crippen LogP contribution is -2.51. The van der Waals surface area contributed by atoms with Crippen molar-refractivity contribution in [2.45, 2.75) is 44.9 Å². The summed E-state index contributed by atoms with van der Waals surface area (Å²) in [4.78, 5) is 11.0. The number of guanidine groups is 1. The largest absolute Gasteiger partial charge is 0.354 e. The van der Waals surface area contributed by atoms with Crippen LogP contribution in [0.3, 0.4) is 0 Å². The lowest BCUT2D eigenvalue weighted by molar-refractivity contribution is 0.134. The Labute approximate surface area is 190 Å². The summed E-state index contributed by atoms with van der Waals surface area (Å²) in [7, 11) is 1.81. The summed E-state index contributed by atoms with van der Waals surface area (Å²) in [6, 6.07) is 15.4. The van der Waals surface area contributed by atoms with Crippen molar-refractivity contribution in [1.82, 2.24) is 20.5 Å². The molecule has 0 aliphatic carbocycles. The van der Waals surface area contributed by atoms with Gasteiger partial charge in [-0.2, -0.15) is 0 Å². The summed E-state index contributed by atoms with van der Waals surface area (Å²) in [5, 5.41) is 7.44. The van der Waals surface area contributed by atoms with Crippen molar-refractivity contribution < 1.29 is 0 Å². The maximum atomic E-state index is 5.84. The van der Waals surface area contributed by atoms with Gasteiger partial charge < -0.3 is 10.6 Å². The molecule has 152 valence electrons. The van der Waals surface area contributed by atoms with Crippen molar-refractivity contribution in [3.05, 3.63) is 64.9 Å². The van der Waals surface area contributed by atoms with Crippen LogP contribution >= 0.6 is 35.6 Å². The number of nitrogens with one attached hydrogen (secondary N) is 2. The Kier molecular flexibility index (Phi) is 9.47. The molecule has 2 unspecified atom stereocenters. The summed E-state index contributed by atoms with van der Waals surface area (Å²) in [6.07, 6.45) is 4.00. The molecule has 1 aliphatic heterocycles. The molecule has 7 heteroatoms. The summed E-state index contributed by atoms with van der Waals surface area (Å²) < 4.78 is 0. The first-order valence-electron chi connectivity index (χ1n) is 9.49. The van der Waals surface area contributed by atoms with Crippen molar-refractivity contribution in [3.63, 3.8) is 0 Å². The van der Waals surface area contributed by atoms with E-state index >= 15 is 0 Å². The van der Waals surface area contributed by atoms with E-state index in [4.69, 9.17) is 11.6 Å². The third-order valence-corrected chi connectivity index (χ3v) is 5.28. The first-order valence-corrected chi connectivity index (χ1v) is 9.87. The number of rotatable bonds is 5. The van der Waals surface area contributed by atoms with E-state index in [1.807, 2.05) is 13.1 Å². The molecule has 2 atom stereocenters. The van der Waals surface area contributed by atoms with E-state index in [2.05, 4.69) is 62.8 Å². The molecule has 28 heavy (non-hydrogen) atoms. The van der Waals surface area contributed by atoms with Gasteiger partial charge in [0.25, 0.3) is 0 Å². The van der Waals surface area contributed by atoms with Gasteiger partial charge in [0.05, 0.1) is 0 Å². The number of halogens is 2. The van der Waals surface area contributed by atoms with Crippen molar-refractivity contribution >= 4 is 41.5 Å². The fourth-order valence-electron chi connectivity index (χ4n) is 3.49. The van der Waals surface area contributed by atoms with Gasteiger partial charge in [-0.3, -0.25) is 9.89 Å². The van der Waals surface area contributed by atoms with Crippen molar-refractivity contribution in [2.75, 3.05) is 13.6 Å². The molecule has 1 aromatic carbocycles. The van der Waals surface area contributed by atoms with Gasteiger partial charge >= 0.3 is 0 Å². The highest BCUT2D eigenvalue weighted by Gasteiger charge is 2.25. The smallest absolute Gasteiger partial charge is 0.191 e. The second-order valence-corrected chi connectivity index (χ2v) is 7.47. The quantitative estimate of drug-likeness (QED) is 0.274. The Balaban J connectivity index is 0.00000280. The van der Waals surface area contributed by atoms with E-state index in [1.165, 1.54) is 5.56 Å². The highest BCUT2D eigenvalue weighted by molar-refractivity contribution is 14.0. The number of aliphatic imine (C=N–C) groups is 1. The summed E-state index contributed by atoms with van der Waals surface area (Å²) >= 11 is 5.84. The molecule has 2 aromatic rings. The van der Waals surface area contributed by atoms with Crippen molar-refractivity contribution in [2.24, 2.45) is 4.99 Å². The average Bonchev–Trinajstić information content (AvgIpc) is 2.69. The molecule has 3 rings (SSSR count). The molecule has 2 N–H and O–H groups in total. The predicted octanol–water partition coefficient (Wildman–Crippen LogP) is 4.07. The number of hydrogen-bond acceptors (Lipinski definition) is 3. The molecule has 0 bridgehead atoms. The number of hydrogen-bond donors (Lipinski definition) is 2. The number of piperidine rings is 1. The van der Waals surface area contributed by atoms with Crippen molar-refractivity contribution in [1.29, 1.82) is 0 Å². The molecule has 1 aliphatic rings. The second kappa shape index (κ2) is 11.6. The summed E-state index contributed by atoms with van der Waals surface area (Å²) in [5.41, 5.74) is 2.46. The third kappa shape index (κ3) is 6.90. The normalized spacial score (nSPS) is 20.3. The zero-order valence-corrected chi connectivity index (χ0v) is 19.5. The van der Waals surface area contributed by atoms with Crippen LogP contribution in [0, 0.1) is 0 Å². The topological polar surface area (TPSA) is 52.6 Å². The van der Waals surface area contributed by atoms with E-state index in [-0.39, 0.29) is 24.0 Å². The fourth-order valence-corrected chi connectivity index (χ4v) is 3.60. The summed E-state index contributed by atoms with van der Waals surface area (Å²) in [5.74, 6) is 0.832. The van der Waals surface area contributed by atoms with Gasteiger partial charge in [0.2, 0.25) is 0 Å². The minimum absolute atomic E-state index is 0.